The minimum absolute atomic E-state index is 0.0220. The van der Waals surface area contributed by atoms with Gasteiger partial charge in [0.1, 0.15) is 6.33 Å². The number of nitrogens with one attached hydrogen (secondary N) is 1. The van der Waals surface area contributed by atoms with Crippen LogP contribution in [0.15, 0.2) is 64.8 Å². The largest absolute Gasteiger partial charge is 0.388 e. The fraction of sp³-hybridized carbons (Fsp3) is 0.457. The molecule has 1 aliphatic carbocycles. The van der Waals surface area contributed by atoms with Crippen molar-refractivity contribution in [1.29, 1.82) is 0 Å². The third kappa shape index (κ3) is 6.77. The van der Waals surface area contributed by atoms with Crippen molar-refractivity contribution in [3.8, 4) is 11.1 Å². The van der Waals surface area contributed by atoms with Crippen molar-refractivity contribution in [1.82, 2.24) is 24.6 Å². The van der Waals surface area contributed by atoms with Crippen LogP contribution in [0.4, 0.5) is 0 Å². The van der Waals surface area contributed by atoms with Gasteiger partial charge >= 0.3 is 0 Å². The summed E-state index contributed by atoms with van der Waals surface area (Å²) in [5, 5.41) is 19.1. The normalized spacial score (nSPS) is 18.8. The van der Waals surface area contributed by atoms with E-state index in [1.807, 2.05) is 39.4 Å². The number of rotatable bonds is 11. The number of aliphatic hydroxyl groups is 1. The molecule has 2 aromatic heterocycles. The molecule has 2 N–H and O–H groups in total. The lowest BCUT2D eigenvalue weighted by Gasteiger charge is -2.32. The number of aromatic nitrogens is 4. The molecule has 3 heterocycles. The van der Waals surface area contributed by atoms with Crippen molar-refractivity contribution in [2.75, 3.05) is 6.61 Å². The van der Waals surface area contributed by atoms with Gasteiger partial charge in [-0.05, 0) is 75.1 Å². The number of hydrogen-bond acceptors (Lipinski definition) is 7. The third-order valence-corrected chi connectivity index (χ3v) is 8.78. The summed E-state index contributed by atoms with van der Waals surface area (Å²) in [6, 6.07) is 16.3. The van der Waals surface area contributed by atoms with Gasteiger partial charge in [-0.15, -0.1) is 0 Å². The van der Waals surface area contributed by atoms with E-state index in [1.165, 1.54) is 6.33 Å². The lowest BCUT2D eigenvalue weighted by atomic mass is 9.91. The second-order valence-corrected chi connectivity index (χ2v) is 12.9. The summed E-state index contributed by atoms with van der Waals surface area (Å²) in [5.41, 5.74) is 7.90. The Labute approximate surface area is 263 Å². The Bertz CT molecular complexity index is 1760. The van der Waals surface area contributed by atoms with Gasteiger partial charge in [0.15, 0.2) is 0 Å². The number of nitrogens with zero attached hydrogens (tertiary/aromatic N) is 5. The summed E-state index contributed by atoms with van der Waals surface area (Å²) in [6.45, 7) is 5.92. The van der Waals surface area contributed by atoms with E-state index in [9.17, 15) is 14.7 Å². The number of hydrogen-bond donors (Lipinski definition) is 2. The molecule has 1 aliphatic heterocycles. The van der Waals surface area contributed by atoms with Crippen molar-refractivity contribution in [3.05, 3.63) is 87.6 Å². The summed E-state index contributed by atoms with van der Waals surface area (Å²) in [4.78, 5) is 31.2. The van der Waals surface area contributed by atoms with E-state index in [-0.39, 0.29) is 36.6 Å². The van der Waals surface area contributed by atoms with Crippen LogP contribution in [0.3, 0.4) is 0 Å². The molecule has 10 heteroatoms. The quantitative estimate of drug-likeness (QED) is 0.247. The maximum Gasteiger partial charge on any atom is 0.259 e. The van der Waals surface area contributed by atoms with Gasteiger partial charge in [0.25, 0.3) is 5.56 Å². The molecule has 1 fully saturated rings. The number of carbonyl (C=O) groups excluding carboxylic acids is 1. The molecule has 1 amide bonds. The number of unbranched alkanes of at least 4 members (excludes halogenated alkanes) is 1. The van der Waals surface area contributed by atoms with Gasteiger partial charge in [-0.1, -0.05) is 55.8 Å². The van der Waals surface area contributed by atoms with E-state index in [1.54, 1.807) is 13.8 Å². The van der Waals surface area contributed by atoms with Gasteiger partial charge in [0.2, 0.25) is 11.7 Å². The third-order valence-electron chi connectivity index (χ3n) is 8.78. The first kappa shape index (κ1) is 30.9. The first-order valence-electron chi connectivity index (χ1n) is 16.1. The van der Waals surface area contributed by atoms with Crippen molar-refractivity contribution in [2.45, 2.75) is 96.3 Å². The molecule has 2 aromatic carbocycles. The molecule has 0 radical (unpaired) electrons. The average Bonchev–Trinajstić information content (AvgIpc) is 3.70. The van der Waals surface area contributed by atoms with Crippen LogP contribution in [0.5, 0.6) is 0 Å². The van der Waals surface area contributed by atoms with Crippen molar-refractivity contribution >= 4 is 17.4 Å². The fourth-order valence-corrected chi connectivity index (χ4v) is 6.51. The van der Waals surface area contributed by atoms with Crippen LogP contribution in [0.25, 0.3) is 16.9 Å². The minimum atomic E-state index is -0.875. The first-order chi connectivity index (χ1) is 21.7. The molecule has 0 unspecified atom stereocenters. The number of benzene rings is 2. The van der Waals surface area contributed by atoms with Gasteiger partial charge in [-0.25, -0.2) is 9.94 Å². The average molecular weight is 611 g/mol. The van der Waals surface area contributed by atoms with Crippen LogP contribution in [0, 0.1) is 0 Å². The Kier molecular flexibility index (Phi) is 8.96. The molecular weight excluding hydrogens is 568 g/mol. The summed E-state index contributed by atoms with van der Waals surface area (Å²) >= 11 is 0. The zero-order valence-electron chi connectivity index (χ0n) is 26.3. The zero-order valence-corrected chi connectivity index (χ0v) is 26.3. The number of carbonyl (C=O) groups is 1. The summed E-state index contributed by atoms with van der Waals surface area (Å²) < 4.78 is 9.72. The number of amides is 1. The van der Waals surface area contributed by atoms with E-state index in [0.717, 1.165) is 78.5 Å². The van der Waals surface area contributed by atoms with Crippen LogP contribution in [0.1, 0.15) is 94.1 Å². The molecule has 0 saturated heterocycles. The predicted octanol–water partition coefficient (Wildman–Crippen LogP) is 4.99. The Morgan fingerprint density at radius 1 is 1.04 bits per heavy atom. The molecule has 45 heavy (non-hydrogen) atoms. The first-order valence-corrected chi connectivity index (χ1v) is 16.1. The highest BCUT2D eigenvalue weighted by Crippen LogP contribution is 2.32. The molecule has 4 aromatic rings. The Morgan fingerprint density at radius 3 is 2.51 bits per heavy atom. The van der Waals surface area contributed by atoms with Crippen LogP contribution < -0.4 is 11.0 Å². The van der Waals surface area contributed by atoms with Gasteiger partial charge in [0.05, 0.1) is 36.1 Å². The van der Waals surface area contributed by atoms with Gasteiger partial charge < -0.3 is 9.84 Å². The molecule has 1 saturated carbocycles. The van der Waals surface area contributed by atoms with Gasteiger partial charge in [-0.2, -0.15) is 15.2 Å². The highest BCUT2D eigenvalue weighted by atomic mass is 16.5. The highest BCUT2D eigenvalue weighted by Gasteiger charge is 2.29. The standard InChI is InChI=1S/C35H42N6O4/c1-4-5-11-31-29(19-23-12-17-27(24-9-7-6-8-10-24)28(18-23)30-20-32(42)39-38-30)33(43)40(34-36-22-37-41(31)34)25-13-15-26(16-14-25)45-21-35(2,3)44/h6-10,12,17-18,22,25-26,44H,4-5,11,13-16,19-21H2,1-3H3,(H,39,42). The Balaban J connectivity index is 1.38. The number of aryl methyl sites for hydroxylation is 1. The van der Waals surface area contributed by atoms with Crippen molar-refractivity contribution < 1.29 is 14.6 Å². The lowest BCUT2D eigenvalue weighted by Crippen LogP contribution is -2.36. The van der Waals surface area contributed by atoms with E-state index in [4.69, 9.17) is 4.74 Å². The molecule has 0 bridgehead atoms. The Hall–Kier alpha value is -4.15. The molecule has 236 valence electrons. The fourth-order valence-electron chi connectivity index (χ4n) is 6.51. The highest BCUT2D eigenvalue weighted by molar-refractivity contribution is 6.16. The molecule has 6 rings (SSSR count). The molecule has 0 spiro atoms. The number of ether oxygens (including phenoxy) is 1. The maximum absolute atomic E-state index is 14.5. The molecule has 10 nitrogen and oxygen atoms in total. The second kappa shape index (κ2) is 13.1. The van der Waals surface area contributed by atoms with Crippen LogP contribution in [-0.4, -0.2) is 54.2 Å². The van der Waals surface area contributed by atoms with Gasteiger partial charge in [-0.3, -0.25) is 14.2 Å². The predicted molar refractivity (Wildman–Crippen MR) is 173 cm³/mol. The minimum Gasteiger partial charge on any atom is -0.388 e. The van der Waals surface area contributed by atoms with Crippen molar-refractivity contribution in [2.24, 2.45) is 5.10 Å². The van der Waals surface area contributed by atoms with Crippen molar-refractivity contribution in [3.63, 3.8) is 0 Å². The van der Waals surface area contributed by atoms with Crippen LogP contribution >= 0.6 is 0 Å². The van der Waals surface area contributed by atoms with E-state index in [2.05, 4.69) is 45.7 Å². The SMILES string of the molecule is CCCCc1c(Cc2ccc(-c3ccccc3)c(C3=NNC(=O)C3)c2)c(=O)n(C2CCC(OCC(C)(C)O)CC2)c2ncnn12. The monoisotopic (exact) mass is 610 g/mol. The summed E-state index contributed by atoms with van der Waals surface area (Å²) in [7, 11) is 0. The van der Waals surface area contributed by atoms with E-state index in [0.29, 0.717) is 17.9 Å². The lowest BCUT2D eigenvalue weighted by molar-refractivity contribution is -0.119. The molecule has 0 atom stereocenters. The Morgan fingerprint density at radius 2 is 1.82 bits per heavy atom. The molecular formula is C35H42N6O4. The van der Waals surface area contributed by atoms with Gasteiger partial charge in [0, 0.05) is 23.6 Å². The second-order valence-electron chi connectivity index (χ2n) is 12.9. The number of fused-ring (bicyclic) bond motifs is 1. The smallest absolute Gasteiger partial charge is 0.259 e. The summed E-state index contributed by atoms with van der Waals surface area (Å²) in [6.07, 6.45) is 8.05. The summed E-state index contributed by atoms with van der Waals surface area (Å²) in [5.74, 6) is 0.455. The topological polar surface area (TPSA) is 123 Å². The molecule has 2 aliphatic rings. The van der Waals surface area contributed by atoms with E-state index < -0.39 is 5.60 Å². The number of hydrazone groups is 1. The van der Waals surface area contributed by atoms with Crippen LogP contribution in [-0.2, 0) is 22.4 Å². The zero-order chi connectivity index (χ0) is 31.6. The maximum atomic E-state index is 14.5. The van der Waals surface area contributed by atoms with E-state index >= 15 is 0 Å². The van der Waals surface area contributed by atoms with Crippen LogP contribution in [0.2, 0.25) is 0 Å².